The summed E-state index contributed by atoms with van der Waals surface area (Å²) in [6.07, 6.45) is 0. The van der Waals surface area contributed by atoms with Crippen molar-refractivity contribution in [1.82, 2.24) is 4.90 Å². The lowest BCUT2D eigenvalue weighted by atomic mass is 9.94. The lowest BCUT2D eigenvalue weighted by molar-refractivity contribution is -0.140. The van der Waals surface area contributed by atoms with Gasteiger partial charge in [-0.3, -0.25) is 9.59 Å². The van der Waals surface area contributed by atoms with Crippen molar-refractivity contribution >= 4 is 28.8 Å². The number of phenols is 1. The highest BCUT2D eigenvalue weighted by atomic mass is 32.1. The maximum Gasteiger partial charge on any atom is 0.295 e. The molecule has 3 aromatic rings. The maximum atomic E-state index is 13.0. The highest BCUT2D eigenvalue weighted by Gasteiger charge is 2.46. The largest absolute Gasteiger partial charge is 0.508 e. The molecule has 1 amide bonds. The Labute approximate surface area is 178 Å². The van der Waals surface area contributed by atoms with E-state index >= 15 is 0 Å². The first kappa shape index (κ1) is 19.9. The van der Waals surface area contributed by atoms with E-state index in [4.69, 9.17) is 0 Å². The molecule has 1 aliphatic rings. The first-order valence-corrected chi connectivity index (χ1v) is 10.4. The van der Waals surface area contributed by atoms with Gasteiger partial charge in [0.15, 0.2) is 0 Å². The van der Waals surface area contributed by atoms with E-state index in [2.05, 4.69) is 0 Å². The third-order valence-electron chi connectivity index (χ3n) is 5.44. The van der Waals surface area contributed by atoms with E-state index in [1.165, 1.54) is 28.4 Å². The summed E-state index contributed by atoms with van der Waals surface area (Å²) >= 11 is 1.50. The molecule has 1 aliphatic heterocycles. The number of likely N-dealkylation sites (tertiary alicyclic amines) is 1. The number of carbonyl (C=O) groups excluding carboxylic acids is 2. The van der Waals surface area contributed by atoms with Crippen molar-refractivity contribution in [2.75, 3.05) is 0 Å². The number of phenolic OH excluding ortho intramolecular Hbond substituents is 1. The first-order chi connectivity index (χ1) is 14.4. The molecule has 0 radical (unpaired) electrons. The van der Waals surface area contributed by atoms with Crippen LogP contribution in [-0.2, 0) is 16.1 Å². The van der Waals surface area contributed by atoms with Crippen molar-refractivity contribution in [1.29, 1.82) is 0 Å². The molecule has 0 bridgehead atoms. The van der Waals surface area contributed by atoms with E-state index in [0.29, 0.717) is 11.1 Å². The molecule has 6 heteroatoms. The molecule has 1 aromatic heterocycles. The number of benzene rings is 2. The summed E-state index contributed by atoms with van der Waals surface area (Å²) in [4.78, 5) is 28.4. The molecular weight excluding hydrogens is 398 g/mol. The van der Waals surface area contributed by atoms with Crippen LogP contribution in [0.4, 0.5) is 0 Å². The SMILES string of the molecule is Cc1ccc(/C(O)=C2/C(=O)C(=O)N(Cc3cccs3)C2c2ccc(O)cc2)cc1C. The number of carbonyl (C=O) groups is 2. The number of thiophene rings is 1. The third kappa shape index (κ3) is 3.50. The van der Waals surface area contributed by atoms with Crippen LogP contribution < -0.4 is 0 Å². The topological polar surface area (TPSA) is 77.8 Å². The summed E-state index contributed by atoms with van der Waals surface area (Å²) in [6, 6.07) is 14.8. The Balaban J connectivity index is 1.87. The zero-order valence-electron chi connectivity index (χ0n) is 16.6. The van der Waals surface area contributed by atoms with E-state index in [-0.39, 0.29) is 23.6 Å². The molecule has 1 atom stereocenters. The van der Waals surface area contributed by atoms with E-state index in [0.717, 1.165) is 16.0 Å². The van der Waals surface area contributed by atoms with E-state index in [1.807, 2.05) is 43.5 Å². The van der Waals surface area contributed by atoms with Crippen LogP contribution in [0.2, 0.25) is 0 Å². The van der Waals surface area contributed by atoms with Crippen LogP contribution >= 0.6 is 11.3 Å². The van der Waals surface area contributed by atoms with Crippen LogP contribution in [0.15, 0.2) is 65.6 Å². The second kappa shape index (κ2) is 7.80. The van der Waals surface area contributed by atoms with Crippen LogP contribution in [-0.4, -0.2) is 26.8 Å². The minimum atomic E-state index is -0.741. The van der Waals surface area contributed by atoms with Gasteiger partial charge >= 0.3 is 0 Å². The predicted molar refractivity (Wildman–Crippen MR) is 116 cm³/mol. The molecule has 1 fully saturated rings. The monoisotopic (exact) mass is 419 g/mol. The Hall–Kier alpha value is -3.38. The van der Waals surface area contributed by atoms with Gasteiger partial charge in [-0.1, -0.05) is 30.3 Å². The molecule has 0 saturated carbocycles. The van der Waals surface area contributed by atoms with Crippen LogP contribution in [0, 0.1) is 13.8 Å². The lowest BCUT2D eigenvalue weighted by Gasteiger charge is -2.25. The normalized spacial score (nSPS) is 18.2. The van der Waals surface area contributed by atoms with Crippen molar-refractivity contribution in [2.45, 2.75) is 26.4 Å². The molecular formula is C24H21NO4S. The summed E-state index contributed by atoms with van der Waals surface area (Å²) in [6.45, 7) is 4.16. The average molecular weight is 420 g/mol. The molecule has 1 saturated heterocycles. The fourth-order valence-corrected chi connectivity index (χ4v) is 4.36. The molecule has 5 nitrogen and oxygen atoms in total. The Morgan fingerprint density at radius 3 is 2.40 bits per heavy atom. The van der Waals surface area contributed by atoms with E-state index in [9.17, 15) is 19.8 Å². The van der Waals surface area contributed by atoms with Crippen LogP contribution in [0.25, 0.3) is 5.76 Å². The molecule has 0 aliphatic carbocycles. The Kier molecular flexibility index (Phi) is 5.18. The van der Waals surface area contributed by atoms with Gasteiger partial charge in [-0.2, -0.15) is 0 Å². The number of rotatable bonds is 4. The van der Waals surface area contributed by atoms with Crippen LogP contribution in [0.1, 0.15) is 33.2 Å². The Morgan fingerprint density at radius 2 is 1.77 bits per heavy atom. The van der Waals surface area contributed by atoms with Crippen molar-refractivity contribution < 1.29 is 19.8 Å². The number of aliphatic hydroxyl groups excluding tert-OH is 1. The molecule has 4 rings (SSSR count). The van der Waals surface area contributed by atoms with Gasteiger partial charge < -0.3 is 15.1 Å². The molecule has 2 N–H and O–H groups in total. The Morgan fingerprint density at radius 1 is 1.03 bits per heavy atom. The van der Waals surface area contributed by atoms with Crippen LogP contribution in [0.3, 0.4) is 0 Å². The second-order valence-corrected chi connectivity index (χ2v) is 8.43. The van der Waals surface area contributed by atoms with Gasteiger partial charge in [-0.15, -0.1) is 11.3 Å². The number of Topliss-reactive ketones (excluding diaryl/α,β-unsaturated/α-hetero) is 1. The Bertz CT molecular complexity index is 1150. The molecule has 2 heterocycles. The van der Waals surface area contributed by atoms with Gasteiger partial charge in [0.2, 0.25) is 0 Å². The number of aromatic hydroxyl groups is 1. The third-order valence-corrected chi connectivity index (χ3v) is 6.30. The first-order valence-electron chi connectivity index (χ1n) is 9.54. The van der Waals surface area contributed by atoms with Crippen molar-refractivity contribution in [3.8, 4) is 5.75 Å². The van der Waals surface area contributed by atoms with E-state index < -0.39 is 17.7 Å². The van der Waals surface area contributed by atoms with Crippen molar-refractivity contribution in [3.63, 3.8) is 0 Å². The van der Waals surface area contributed by atoms with Gasteiger partial charge in [0.05, 0.1) is 18.2 Å². The minimum absolute atomic E-state index is 0.0606. The van der Waals surface area contributed by atoms with E-state index in [1.54, 1.807) is 18.2 Å². The van der Waals surface area contributed by atoms with Gasteiger partial charge in [0.1, 0.15) is 11.5 Å². The quantitative estimate of drug-likeness (QED) is 0.365. The van der Waals surface area contributed by atoms with Gasteiger partial charge in [-0.05, 0) is 60.2 Å². The number of nitrogens with zero attached hydrogens (tertiary/aromatic N) is 1. The highest BCUT2D eigenvalue weighted by molar-refractivity contribution is 7.09. The van der Waals surface area contributed by atoms with Gasteiger partial charge in [0, 0.05) is 10.4 Å². The fraction of sp³-hybridized carbons (Fsp3) is 0.167. The summed E-state index contributed by atoms with van der Waals surface area (Å²) in [7, 11) is 0. The molecule has 30 heavy (non-hydrogen) atoms. The minimum Gasteiger partial charge on any atom is -0.508 e. The van der Waals surface area contributed by atoms with Crippen LogP contribution in [0.5, 0.6) is 5.75 Å². The van der Waals surface area contributed by atoms with Crippen molar-refractivity contribution in [2.24, 2.45) is 0 Å². The molecule has 0 spiro atoms. The summed E-state index contributed by atoms with van der Waals surface area (Å²) in [5, 5.41) is 22.7. The second-order valence-electron chi connectivity index (χ2n) is 7.40. The summed E-state index contributed by atoms with van der Waals surface area (Å²) in [5.74, 6) is -1.46. The average Bonchev–Trinajstić information content (AvgIpc) is 3.33. The standard InChI is InChI=1S/C24H21NO4S/c1-14-5-6-17(12-15(14)2)22(27)20-21(16-7-9-18(26)10-8-16)25(24(29)23(20)28)13-19-4-3-11-30-19/h3-12,21,26-27H,13H2,1-2H3/b22-20-. The summed E-state index contributed by atoms with van der Waals surface area (Å²) in [5.41, 5.74) is 3.25. The maximum absolute atomic E-state index is 13.0. The van der Waals surface area contributed by atoms with Gasteiger partial charge in [-0.25, -0.2) is 0 Å². The zero-order chi connectivity index (χ0) is 21.4. The predicted octanol–water partition coefficient (Wildman–Crippen LogP) is 4.69. The van der Waals surface area contributed by atoms with Crippen molar-refractivity contribution in [3.05, 3.63) is 92.7 Å². The lowest BCUT2D eigenvalue weighted by Crippen LogP contribution is -2.28. The molecule has 152 valence electrons. The number of amides is 1. The molecule has 2 aromatic carbocycles. The smallest absolute Gasteiger partial charge is 0.295 e. The number of ketones is 1. The molecule has 1 unspecified atom stereocenters. The zero-order valence-corrected chi connectivity index (χ0v) is 17.4. The number of hydrogen-bond acceptors (Lipinski definition) is 5. The van der Waals surface area contributed by atoms with Gasteiger partial charge in [0.25, 0.3) is 11.7 Å². The number of aryl methyl sites for hydroxylation is 2. The fourth-order valence-electron chi connectivity index (χ4n) is 3.66. The number of hydrogen-bond donors (Lipinski definition) is 2. The number of aliphatic hydroxyl groups is 1. The summed E-state index contributed by atoms with van der Waals surface area (Å²) < 4.78 is 0. The highest BCUT2D eigenvalue weighted by Crippen LogP contribution is 2.41.